The molecule has 11 nitrogen and oxygen atoms in total. The predicted molar refractivity (Wildman–Crippen MR) is 111 cm³/mol. The maximum atomic E-state index is 12.0. The van der Waals surface area contributed by atoms with E-state index >= 15 is 0 Å². The van der Waals surface area contributed by atoms with E-state index in [1.165, 1.54) is 4.57 Å². The molecule has 32 heavy (non-hydrogen) atoms. The predicted octanol–water partition coefficient (Wildman–Crippen LogP) is 1.65. The van der Waals surface area contributed by atoms with Gasteiger partial charge in [0.15, 0.2) is 23.7 Å². The van der Waals surface area contributed by atoms with Crippen molar-refractivity contribution in [2.45, 2.75) is 13.0 Å². The van der Waals surface area contributed by atoms with E-state index in [4.69, 9.17) is 18.6 Å². The number of anilines is 1. The topological polar surface area (TPSA) is 138 Å². The molecule has 0 atom stereocenters. The number of fused-ring (bicyclic) bond motifs is 2. The third-order valence-electron chi connectivity index (χ3n) is 4.53. The van der Waals surface area contributed by atoms with Crippen LogP contribution in [0.1, 0.15) is 6.42 Å². The number of ether oxygens (including phenoxy) is 3. The molecular formula is C21H19N3O8. The van der Waals surface area contributed by atoms with Gasteiger partial charge in [0, 0.05) is 18.3 Å². The van der Waals surface area contributed by atoms with Crippen LogP contribution in [-0.2, 0) is 20.9 Å². The van der Waals surface area contributed by atoms with Crippen LogP contribution in [0.5, 0.6) is 11.5 Å². The number of oxazole rings is 1. The lowest BCUT2D eigenvalue weighted by Crippen LogP contribution is -2.37. The molecule has 11 heteroatoms. The van der Waals surface area contributed by atoms with Gasteiger partial charge in [0.25, 0.3) is 5.91 Å². The minimum Gasteiger partial charge on any atom is -0.486 e. The molecule has 2 N–H and O–H groups in total. The molecular weight excluding hydrogens is 422 g/mol. The summed E-state index contributed by atoms with van der Waals surface area (Å²) in [6, 6.07) is 10.8. The number of carbonyl (C=O) groups excluding carboxylic acids is 3. The second kappa shape index (κ2) is 9.25. The average Bonchev–Trinajstić information content (AvgIpc) is 3.11. The number of nitrogens with one attached hydrogen (secondary N) is 2. The van der Waals surface area contributed by atoms with E-state index in [9.17, 15) is 19.2 Å². The number of carbonyl (C=O) groups is 3. The first-order valence-corrected chi connectivity index (χ1v) is 9.74. The van der Waals surface area contributed by atoms with E-state index in [1.807, 2.05) is 0 Å². The molecule has 0 aliphatic carbocycles. The van der Waals surface area contributed by atoms with Gasteiger partial charge in [-0.2, -0.15) is 0 Å². The Morgan fingerprint density at radius 3 is 2.66 bits per heavy atom. The van der Waals surface area contributed by atoms with Crippen molar-refractivity contribution in [3.05, 3.63) is 53.0 Å². The van der Waals surface area contributed by atoms with E-state index in [0.29, 0.717) is 41.5 Å². The van der Waals surface area contributed by atoms with Gasteiger partial charge in [-0.1, -0.05) is 12.1 Å². The van der Waals surface area contributed by atoms with Crippen molar-refractivity contribution in [2.75, 3.05) is 25.1 Å². The zero-order valence-corrected chi connectivity index (χ0v) is 16.8. The molecule has 0 radical (unpaired) electrons. The summed E-state index contributed by atoms with van der Waals surface area (Å²) in [6.07, 6.45) is -0.153. The number of aromatic nitrogens is 1. The fraction of sp³-hybridized carbons (Fsp3) is 0.238. The smallest absolute Gasteiger partial charge is 0.419 e. The Kier molecular flexibility index (Phi) is 6.06. The van der Waals surface area contributed by atoms with Crippen LogP contribution in [-0.4, -0.2) is 42.3 Å². The Balaban J connectivity index is 1.22. The van der Waals surface area contributed by atoms with Gasteiger partial charge in [0.1, 0.15) is 13.2 Å². The molecule has 1 aliphatic rings. The van der Waals surface area contributed by atoms with Gasteiger partial charge in [-0.3, -0.25) is 19.5 Å². The first-order chi connectivity index (χ1) is 15.5. The molecule has 1 aromatic heterocycles. The minimum absolute atomic E-state index is 0.0287. The van der Waals surface area contributed by atoms with Gasteiger partial charge in [-0.15, -0.1) is 0 Å². The number of aryl methyl sites for hydroxylation is 1. The van der Waals surface area contributed by atoms with Crippen LogP contribution in [0.3, 0.4) is 0 Å². The number of imide groups is 1. The lowest BCUT2D eigenvalue weighted by molar-refractivity contribution is -0.148. The summed E-state index contributed by atoms with van der Waals surface area (Å²) in [5.41, 5.74) is 1.36. The van der Waals surface area contributed by atoms with Gasteiger partial charge in [0.2, 0.25) is 0 Å². The van der Waals surface area contributed by atoms with Crippen LogP contribution in [0.25, 0.3) is 11.1 Å². The van der Waals surface area contributed by atoms with Crippen molar-refractivity contribution in [2.24, 2.45) is 0 Å². The van der Waals surface area contributed by atoms with Crippen molar-refractivity contribution in [3.8, 4) is 11.5 Å². The average molecular weight is 441 g/mol. The quantitative estimate of drug-likeness (QED) is 0.551. The second-order valence-corrected chi connectivity index (χ2v) is 6.76. The van der Waals surface area contributed by atoms with Crippen molar-refractivity contribution >= 4 is 34.7 Å². The molecule has 2 aromatic carbocycles. The molecule has 0 spiro atoms. The van der Waals surface area contributed by atoms with Gasteiger partial charge in [-0.05, 0) is 24.3 Å². The van der Waals surface area contributed by atoms with E-state index in [0.717, 1.165) is 0 Å². The van der Waals surface area contributed by atoms with Gasteiger partial charge in [0.05, 0.1) is 11.9 Å². The standard InChI is InChI=1S/C21H19N3O8/c25-18(23-20(27)22-13-5-6-16-17(11-13)30-10-9-29-16)12-31-19(26)7-8-24-14-3-1-2-4-15(14)32-21(24)28/h1-6,11H,7-10,12H2,(H2,22,23,25,27). The minimum atomic E-state index is -0.806. The zero-order valence-electron chi connectivity index (χ0n) is 16.8. The molecule has 3 amide bonds. The van der Waals surface area contributed by atoms with Crippen LogP contribution in [0, 0.1) is 0 Å². The van der Waals surface area contributed by atoms with E-state index in [-0.39, 0.29) is 13.0 Å². The van der Waals surface area contributed by atoms with Crippen molar-refractivity contribution < 1.29 is 33.0 Å². The number of nitrogens with zero attached hydrogens (tertiary/aromatic N) is 1. The fourth-order valence-corrected chi connectivity index (χ4v) is 3.09. The fourth-order valence-electron chi connectivity index (χ4n) is 3.09. The summed E-state index contributed by atoms with van der Waals surface area (Å²) in [7, 11) is 0. The lowest BCUT2D eigenvalue weighted by atomic mass is 10.2. The monoisotopic (exact) mass is 441 g/mol. The molecule has 0 fully saturated rings. The molecule has 0 bridgehead atoms. The maximum Gasteiger partial charge on any atom is 0.419 e. The van der Waals surface area contributed by atoms with Crippen LogP contribution in [0.15, 0.2) is 51.7 Å². The normalized spacial score (nSPS) is 12.2. The summed E-state index contributed by atoms with van der Waals surface area (Å²) in [5.74, 6) is -1.05. The first-order valence-electron chi connectivity index (χ1n) is 9.74. The number of hydrogen-bond donors (Lipinski definition) is 2. The highest BCUT2D eigenvalue weighted by molar-refractivity contribution is 6.02. The number of benzene rings is 2. The van der Waals surface area contributed by atoms with Crippen LogP contribution in [0.2, 0.25) is 0 Å². The number of hydrogen-bond acceptors (Lipinski definition) is 8. The highest BCUT2D eigenvalue weighted by Crippen LogP contribution is 2.32. The first kappa shape index (κ1) is 21.0. The molecule has 1 aliphatic heterocycles. The molecule has 2 heterocycles. The molecule has 3 aromatic rings. The summed E-state index contributed by atoms with van der Waals surface area (Å²) in [6.45, 7) is 0.232. The Bertz CT molecular complexity index is 1230. The highest BCUT2D eigenvalue weighted by Gasteiger charge is 2.15. The van der Waals surface area contributed by atoms with E-state index in [1.54, 1.807) is 42.5 Å². The summed E-state index contributed by atoms with van der Waals surface area (Å²) in [5, 5.41) is 4.54. The molecule has 0 saturated heterocycles. The Hall–Kier alpha value is -4.28. The second-order valence-electron chi connectivity index (χ2n) is 6.76. The third kappa shape index (κ3) is 4.89. The Morgan fingerprint density at radius 2 is 1.81 bits per heavy atom. The van der Waals surface area contributed by atoms with E-state index in [2.05, 4.69) is 10.6 Å². The molecule has 166 valence electrons. The summed E-state index contributed by atoms with van der Waals surface area (Å²) in [4.78, 5) is 47.7. The maximum absolute atomic E-state index is 12.0. The Morgan fingerprint density at radius 1 is 1.03 bits per heavy atom. The van der Waals surface area contributed by atoms with Crippen molar-refractivity contribution in [3.63, 3.8) is 0 Å². The largest absolute Gasteiger partial charge is 0.486 e. The number of esters is 1. The number of urea groups is 1. The Labute approximate surface area is 180 Å². The van der Waals surface area contributed by atoms with Gasteiger partial charge >= 0.3 is 17.8 Å². The van der Waals surface area contributed by atoms with Gasteiger partial charge in [-0.25, -0.2) is 9.59 Å². The van der Waals surface area contributed by atoms with Crippen LogP contribution in [0.4, 0.5) is 10.5 Å². The lowest BCUT2D eigenvalue weighted by Gasteiger charge is -2.19. The van der Waals surface area contributed by atoms with Crippen molar-refractivity contribution in [1.82, 2.24) is 9.88 Å². The van der Waals surface area contributed by atoms with Crippen LogP contribution >= 0.6 is 0 Å². The molecule has 4 rings (SSSR count). The highest BCUT2D eigenvalue weighted by atomic mass is 16.6. The SMILES string of the molecule is O=C(COC(=O)CCn1c(=O)oc2ccccc21)NC(=O)Nc1ccc2c(c1)OCCO2. The summed E-state index contributed by atoms with van der Waals surface area (Å²) < 4.78 is 22.1. The van der Waals surface area contributed by atoms with Gasteiger partial charge < -0.3 is 23.9 Å². The number of rotatable bonds is 6. The number of para-hydroxylation sites is 2. The number of amides is 3. The zero-order chi connectivity index (χ0) is 22.5. The molecule has 0 unspecified atom stereocenters. The van der Waals surface area contributed by atoms with Crippen LogP contribution < -0.4 is 25.9 Å². The summed E-state index contributed by atoms with van der Waals surface area (Å²) >= 11 is 0. The third-order valence-corrected chi connectivity index (χ3v) is 4.53. The molecule has 0 saturated carbocycles. The van der Waals surface area contributed by atoms with E-state index < -0.39 is 30.3 Å². The van der Waals surface area contributed by atoms with Crippen molar-refractivity contribution in [1.29, 1.82) is 0 Å².